The van der Waals surface area contributed by atoms with E-state index in [9.17, 15) is 14.4 Å². The monoisotopic (exact) mass is 337 g/mol. The molecule has 1 aromatic carbocycles. The molecule has 1 rings (SSSR count). The second-order valence-corrected chi connectivity index (χ2v) is 6.30. The summed E-state index contributed by atoms with van der Waals surface area (Å²) in [5.41, 5.74) is -0.00545. The molecule has 1 aromatic rings. The van der Waals surface area contributed by atoms with Gasteiger partial charge in [0.15, 0.2) is 0 Å². The zero-order valence-electron chi connectivity index (χ0n) is 14.3. The molecule has 0 saturated heterocycles. The zero-order chi connectivity index (χ0) is 18.3. The van der Waals surface area contributed by atoms with E-state index in [1.54, 1.807) is 45.0 Å². The molecule has 0 aliphatic heterocycles. The van der Waals surface area contributed by atoms with Crippen molar-refractivity contribution in [3.8, 4) is 0 Å². The summed E-state index contributed by atoms with van der Waals surface area (Å²) in [7, 11) is 1.31. The van der Waals surface area contributed by atoms with Gasteiger partial charge in [-0.3, -0.25) is 9.69 Å². The Hall–Kier alpha value is -2.57. The molecule has 1 amide bonds. The van der Waals surface area contributed by atoms with Gasteiger partial charge in [-0.2, -0.15) is 0 Å². The van der Waals surface area contributed by atoms with Gasteiger partial charge in [0.2, 0.25) is 0 Å². The first-order valence-corrected chi connectivity index (χ1v) is 7.48. The second kappa shape index (κ2) is 8.33. The van der Waals surface area contributed by atoms with Crippen molar-refractivity contribution in [2.45, 2.75) is 45.4 Å². The number of hydrogen-bond acceptors (Lipinski definition) is 5. The highest BCUT2D eigenvalue weighted by Gasteiger charge is 2.33. The molecular weight excluding hydrogens is 314 g/mol. The van der Waals surface area contributed by atoms with Crippen molar-refractivity contribution in [3.63, 3.8) is 0 Å². The summed E-state index contributed by atoms with van der Waals surface area (Å²) in [5, 5.41) is 8.98. The van der Waals surface area contributed by atoms with Gasteiger partial charge in [0, 0.05) is 7.05 Å². The van der Waals surface area contributed by atoms with Crippen LogP contribution in [0.15, 0.2) is 30.3 Å². The number of aliphatic carboxylic acids is 1. The molecule has 132 valence electrons. The summed E-state index contributed by atoms with van der Waals surface area (Å²) >= 11 is 0. The number of hydrogen-bond donors (Lipinski definition) is 1. The average Bonchev–Trinajstić information content (AvgIpc) is 2.48. The molecule has 0 aromatic heterocycles. The maximum absolute atomic E-state index is 12.2. The van der Waals surface area contributed by atoms with Crippen LogP contribution in [0.2, 0.25) is 0 Å². The first kappa shape index (κ1) is 19.5. The third kappa shape index (κ3) is 6.68. The van der Waals surface area contributed by atoms with Crippen molar-refractivity contribution < 1.29 is 29.0 Å². The van der Waals surface area contributed by atoms with Crippen molar-refractivity contribution in [3.05, 3.63) is 35.9 Å². The Morgan fingerprint density at radius 3 is 2.25 bits per heavy atom. The number of carboxylic acid groups (broad SMARTS) is 1. The van der Waals surface area contributed by atoms with Crippen LogP contribution in [0.5, 0.6) is 0 Å². The molecule has 0 spiro atoms. The summed E-state index contributed by atoms with van der Waals surface area (Å²) in [4.78, 5) is 36.2. The fourth-order valence-electron chi connectivity index (χ4n) is 1.86. The molecule has 0 saturated carbocycles. The molecule has 0 aliphatic carbocycles. The predicted octanol–water partition coefficient (Wildman–Crippen LogP) is 2.44. The molecule has 0 radical (unpaired) electrons. The van der Waals surface area contributed by atoms with Crippen LogP contribution < -0.4 is 0 Å². The van der Waals surface area contributed by atoms with Crippen molar-refractivity contribution in [2.75, 3.05) is 7.05 Å². The fraction of sp³-hybridized carbons (Fsp3) is 0.471. The molecule has 7 heteroatoms. The summed E-state index contributed by atoms with van der Waals surface area (Å²) in [6.45, 7) is 5.02. The Kier molecular flexibility index (Phi) is 6.76. The zero-order valence-corrected chi connectivity index (χ0v) is 14.3. The quantitative estimate of drug-likeness (QED) is 0.802. The Labute approximate surface area is 141 Å². The van der Waals surface area contributed by atoms with Crippen LogP contribution in [0.25, 0.3) is 0 Å². The van der Waals surface area contributed by atoms with E-state index < -0.39 is 36.1 Å². The normalized spacial score (nSPS) is 12.2. The molecule has 0 heterocycles. The highest BCUT2D eigenvalue weighted by Crippen LogP contribution is 2.14. The fourth-order valence-corrected chi connectivity index (χ4v) is 1.86. The number of ether oxygens (including phenoxy) is 2. The van der Waals surface area contributed by atoms with Crippen LogP contribution in [-0.4, -0.2) is 46.7 Å². The highest BCUT2D eigenvalue weighted by molar-refractivity contribution is 5.85. The van der Waals surface area contributed by atoms with Gasteiger partial charge in [-0.15, -0.1) is 0 Å². The van der Waals surface area contributed by atoms with Gasteiger partial charge in [0.05, 0.1) is 6.42 Å². The Morgan fingerprint density at radius 1 is 1.17 bits per heavy atom. The molecule has 1 N–H and O–H groups in total. The number of carbonyl (C=O) groups excluding carboxylic acids is 2. The summed E-state index contributed by atoms with van der Waals surface area (Å²) < 4.78 is 10.3. The van der Waals surface area contributed by atoms with Gasteiger partial charge < -0.3 is 14.6 Å². The minimum absolute atomic E-state index is 0.0259. The van der Waals surface area contributed by atoms with Crippen molar-refractivity contribution in [1.29, 1.82) is 0 Å². The number of carbonyl (C=O) groups is 3. The van der Waals surface area contributed by atoms with Gasteiger partial charge in [0.1, 0.15) is 18.2 Å². The van der Waals surface area contributed by atoms with Crippen LogP contribution in [0.3, 0.4) is 0 Å². The highest BCUT2D eigenvalue weighted by atomic mass is 16.6. The summed E-state index contributed by atoms with van der Waals surface area (Å²) in [5.74, 6) is -2.00. The molecule has 7 nitrogen and oxygen atoms in total. The molecule has 0 aliphatic rings. The first-order valence-electron chi connectivity index (χ1n) is 7.48. The standard InChI is InChI=1S/C17H23NO6/c1-17(2,3)24-15(21)13(10-14(19)20)18(4)16(22)23-11-12-8-6-5-7-9-12/h5-9,13H,10-11H2,1-4H3,(H,19,20)/t13-/m0/s1. The van der Waals surface area contributed by atoms with Gasteiger partial charge in [0.25, 0.3) is 0 Å². The van der Waals surface area contributed by atoms with Gasteiger partial charge in [-0.05, 0) is 26.3 Å². The molecule has 1 atom stereocenters. The number of amides is 1. The van der Waals surface area contributed by atoms with Crippen LogP contribution in [0.4, 0.5) is 4.79 Å². The SMILES string of the molecule is CN(C(=O)OCc1ccccc1)[C@@H](CC(=O)O)C(=O)OC(C)(C)C. The number of rotatable bonds is 6. The lowest BCUT2D eigenvalue weighted by Crippen LogP contribution is -2.46. The van der Waals surface area contributed by atoms with E-state index in [1.807, 2.05) is 6.07 Å². The van der Waals surface area contributed by atoms with Crippen LogP contribution in [0.1, 0.15) is 32.8 Å². The topological polar surface area (TPSA) is 93.1 Å². The number of carboxylic acids is 1. The van der Waals surface area contributed by atoms with E-state index in [2.05, 4.69) is 0 Å². The minimum Gasteiger partial charge on any atom is -0.481 e. The maximum Gasteiger partial charge on any atom is 0.410 e. The molecule has 24 heavy (non-hydrogen) atoms. The minimum atomic E-state index is -1.26. The van der Waals surface area contributed by atoms with E-state index in [1.165, 1.54) is 7.05 Å². The first-order chi connectivity index (χ1) is 11.1. The third-order valence-electron chi connectivity index (χ3n) is 3.01. The Balaban J connectivity index is 2.75. The second-order valence-electron chi connectivity index (χ2n) is 6.30. The Bertz CT molecular complexity index is 578. The number of likely N-dealkylation sites (N-methyl/N-ethyl adjacent to an activating group) is 1. The van der Waals surface area contributed by atoms with Crippen molar-refractivity contribution in [1.82, 2.24) is 4.90 Å². The lowest BCUT2D eigenvalue weighted by atomic mass is 10.1. The van der Waals surface area contributed by atoms with E-state index in [4.69, 9.17) is 14.6 Å². The number of nitrogens with zero attached hydrogens (tertiary/aromatic N) is 1. The van der Waals surface area contributed by atoms with Gasteiger partial charge >= 0.3 is 18.0 Å². The van der Waals surface area contributed by atoms with E-state index in [0.717, 1.165) is 10.5 Å². The van der Waals surface area contributed by atoms with Crippen molar-refractivity contribution >= 4 is 18.0 Å². The van der Waals surface area contributed by atoms with E-state index >= 15 is 0 Å². The van der Waals surface area contributed by atoms with E-state index in [0.29, 0.717) is 0 Å². The van der Waals surface area contributed by atoms with Crippen LogP contribution >= 0.6 is 0 Å². The average molecular weight is 337 g/mol. The van der Waals surface area contributed by atoms with Crippen LogP contribution in [0, 0.1) is 0 Å². The predicted molar refractivity (Wildman–Crippen MR) is 86.3 cm³/mol. The summed E-state index contributed by atoms with van der Waals surface area (Å²) in [6.07, 6.45) is -1.36. The third-order valence-corrected chi connectivity index (χ3v) is 3.01. The number of benzene rings is 1. The molecule has 0 bridgehead atoms. The lowest BCUT2D eigenvalue weighted by molar-refractivity contribution is -0.163. The van der Waals surface area contributed by atoms with Crippen molar-refractivity contribution in [2.24, 2.45) is 0 Å². The molecule has 0 unspecified atom stereocenters. The smallest absolute Gasteiger partial charge is 0.410 e. The molecular formula is C17H23NO6. The van der Waals surface area contributed by atoms with Gasteiger partial charge in [-0.25, -0.2) is 9.59 Å². The lowest BCUT2D eigenvalue weighted by Gasteiger charge is -2.28. The molecule has 0 fully saturated rings. The summed E-state index contributed by atoms with van der Waals surface area (Å²) in [6, 6.07) is 7.76. The van der Waals surface area contributed by atoms with E-state index in [-0.39, 0.29) is 6.61 Å². The number of esters is 1. The van der Waals surface area contributed by atoms with Crippen LogP contribution in [-0.2, 0) is 25.7 Å². The largest absolute Gasteiger partial charge is 0.481 e. The Morgan fingerprint density at radius 2 is 1.75 bits per heavy atom. The maximum atomic E-state index is 12.2. The van der Waals surface area contributed by atoms with Gasteiger partial charge in [-0.1, -0.05) is 30.3 Å².